The second kappa shape index (κ2) is 5.59. The summed E-state index contributed by atoms with van der Waals surface area (Å²) >= 11 is 4.64. The lowest BCUT2D eigenvalue weighted by molar-refractivity contribution is 0.0896. The van der Waals surface area contributed by atoms with Gasteiger partial charge in [0.25, 0.3) is 0 Å². The molecule has 0 aliphatic heterocycles. The first kappa shape index (κ1) is 13.2. The molecule has 0 bridgehead atoms. The summed E-state index contributed by atoms with van der Waals surface area (Å²) in [6, 6.07) is 9.01. The van der Waals surface area contributed by atoms with Gasteiger partial charge in [-0.15, -0.1) is 11.3 Å². The van der Waals surface area contributed by atoms with Crippen LogP contribution in [0.3, 0.4) is 0 Å². The molecule has 0 amide bonds. The van der Waals surface area contributed by atoms with E-state index < -0.39 is 0 Å². The van der Waals surface area contributed by atoms with Crippen LogP contribution in [0.1, 0.15) is 32.0 Å². The molecule has 0 saturated heterocycles. The van der Waals surface area contributed by atoms with Crippen LogP contribution in [0, 0.1) is 6.92 Å². The van der Waals surface area contributed by atoms with E-state index in [1.165, 1.54) is 11.3 Å². The van der Waals surface area contributed by atoms with Crippen molar-refractivity contribution >= 4 is 38.8 Å². The van der Waals surface area contributed by atoms with E-state index in [2.05, 4.69) is 15.9 Å². The second-order valence-electron chi connectivity index (χ2n) is 4.02. The predicted molar refractivity (Wildman–Crippen MR) is 76.5 cm³/mol. The number of carbonyl (C=O) groups excluding carboxylic acids is 2. The Kier molecular flexibility index (Phi) is 4.09. The first-order valence-electron chi connectivity index (χ1n) is 5.43. The molecule has 0 spiro atoms. The molecule has 2 aromatic rings. The molecular formula is C14H11BrO2S. The molecule has 92 valence electrons. The Morgan fingerprint density at radius 2 is 1.83 bits per heavy atom. The van der Waals surface area contributed by atoms with Crippen LogP contribution < -0.4 is 0 Å². The first-order valence-corrected chi connectivity index (χ1v) is 7.10. The highest BCUT2D eigenvalue weighted by molar-refractivity contribution is 9.10. The van der Waals surface area contributed by atoms with Gasteiger partial charge in [-0.25, -0.2) is 0 Å². The Morgan fingerprint density at radius 1 is 1.17 bits per heavy atom. The van der Waals surface area contributed by atoms with E-state index in [4.69, 9.17) is 0 Å². The zero-order chi connectivity index (χ0) is 13.1. The fourth-order valence-electron chi connectivity index (χ4n) is 1.53. The number of carbonyl (C=O) groups is 2. The lowest BCUT2D eigenvalue weighted by atomic mass is 10.0. The zero-order valence-corrected chi connectivity index (χ0v) is 12.2. The molecule has 0 saturated carbocycles. The molecule has 0 atom stereocenters. The molecule has 1 aromatic carbocycles. The van der Waals surface area contributed by atoms with Crippen molar-refractivity contribution in [2.45, 2.75) is 13.3 Å². The van der Waals surface area contributed by atoms with Gasteiger partial charge in [0.15, 0.2) is 11.6 Å². The molecule has 2 nitrogen and oxygen atoms in total. The van der Waals surface area contributed by atoms with E-state index in [1.54, 1.807) is 18.2 Å². The van der Waals surface area contributed by atoms with Crippen molar-refractivity contribution in [2.75, 3.05) is 0 Å². The van der Waals surface area contributed by atoms with Crippen molar-refractivity contribution in [2.24, 2.45) is 0 Å². The summed E-state index contributed by atoms with van der Waals surface area (Å²) in [7, 11) is 0. The Hall–Kier alpha value is -1.26. The first-order chi connectivity index (χ1) is 8.56. The van der Waals surface area contributed by atoms with Gasteiger partial charge in [-0.1, -0.05) is 29.8 Å². The van der Waals surface area contributed by atoms with Gasteiger partial charge in [-0.3, -0.25) is 9.59 Å². The highest BCUT2D eigenvalue weighted by Gasteiger charge is 2.15. The summed E-state index contributed by atoms with van der Waals surface area (Å²) in [5, 5.41) is 1.84. The number of rotatable bonds is 4. The fourth-order valence-corrected chi connectivity index (χ4v) is 2.90. The largest absolute Gasteiger partial charge is 0.294 e. The number of Topliss-reactive ketones (excluding diaryl/α,β-unsaturated/α-hetero) is 2. The minimum Gasteiger partial charge on any atom is -0.294 e. The average molecular weight is 323 g/mol. The molecule has 18 heavy (non-hydrogen) atoms. The number of hydrogen-bond acceptors (Lipinski definition) is 3. The smallest absolute Gasteiger partial charge is 0.180 e. The van der Waals surface area contributed by atoms with Crippen molar-refractivity contribution in [3.05, 3.63) is 56.2 Å². The molecule has 1 heterocycles. The predicted octanol–water partition coefficient (Wildman–Crippen LogP) is 4.27. The van der Waals surface area contributed by atoms with Crippen molar-refractivity contribution in [3.63, 3.8) is 0 Å². The normalized spacial score (nSPS) is 10.3. The molecule has 1 aromatic heterocycles. The highest BCUT2D eigenvalue weighted by atomic mass is 79.9. The molecule has 2 rings (SSSR count). The maximum absolute atomic E-state index is 11.9. The number of halogens is 1. The third-order valence-corrected chi connectivity index (χ3v) is 4.27. The Morgan fingerprint density at radius 3 is 2.39 bits per heavy atom. The lowest BCUT2D eigenvalue weighted by Crippen LogP contribution is -2.07. The van der Waals surface area contributed by atoms with Crippen LogP contribution in [0.15, 0.2) is 40.2 Å². The fraction of sp³-hybridized carbons (Fsp3) is 0.143. The minimum atomic E-state index is -0.135. The lowest BCUT2D eigenvalue weighted by Gasteiger charge is -2.00. The van der Waals surface area contributed by atoms with Gasteiger partial charge in [-0.2, -0.15) is 0 Å². The molecule has 0 aliphatic rings. The maximum atomic E-state index is 11.9. The van der Waals surface area contributed by atoms with E-state index in [9.17, 15) is 9.59 Å². The van der Waals surface area contributed by atoms with Gasteiger partial charge in [0.2, 0.25) is 0 Å². The van der Waals surface area contributed by atoms with Crippen LogP contribution in [0.2, 0.25) is 0 Å². The van der Waals surface area contributed by atoms with E-state index in [1.807, 2.05) is 24.4 Å². The van der Waals surface area contributed by atoms with Crippen molar-refractivity contribution in [1.82, 2.24) is 0 Å². The molecule has 0 fully saturated rings. The molecule has 0 radical (unpaired) electrons. The Labute approximate surface area is 118 Å². The minimum absolute atomic E-state index is 0.0734. The average Bonchev–Trinajstić information content (AvgIpc) is 2.76. The third kappa shape index (κ3) is 3.15. The molecule has 0 N–H and O–H groups in total. The summed E-state index contributed by atoms with van der Waals surface area (Å²) in [6.07, 6.45) is -0.0734. The van der Waals surface area contributed by atoms with E-state index in [0.29, 0.717) is 10.4 Å². The Bertz CT molecular complexity index is 584. The molecule has 4 heteroatoms. The highest BCUT2D eigenvalue weighted by Crippen LogP contribution is 2.21. The molecule has 0 unspecified atom stereocenters. The zero-order valence-electron chi connectivity index (χ0n) is 9.77. The van der Waals surface area contributed by atoms with Crippen LogP contribution in [0.5, 0.6) is 0 Å². The van der Waals surface area contributed by atoms with E-state index in [0.717, 1.165) is 10.0 Å². The van der Waals surface area contributed by atoms with Crippen molar-refractivity contribution in [3.8, 4) is 0 Å². The van der Waals surface area contributed by atoms with Crippen LogP contribution in [0.25, 0.3) is 0 Å². The summed E-state index contributed by atoms with van der Waals surface area (Å²) < 4.78 is 0.874. The van der Waals surface area contributed by atoms with Gasteiger partial charge in [0.05, 0.1) is 11.3 Å². The Balaban J connectivity index is 2.08. The van der Waals surface area contributed by atoms with Gasteiger partial charge >= 0.3 is 0 Å². The number of thiophene rings is 1. The quantitative estimate of drug-likeness (QED) is 0.622. The number of ketones is 2. The number of hydrogen-bond donors (Lipinski definition) is 0. The van der Waals surface area contributed by atoms with E-state index in [-0.39, 0.29) is 18.0 Å². The van der Waals surface area contributed by atoms with Crippen LogP contribution in [0.4, 0.5) is 0 Å². The van der Waals surface area contributed by atoms with Gasteiger partial charge in [0, 0.05) is 15.4 Å². The van der Waals surface area contributed by atoms with Crippen molar-refractivity contribution in [1.29, 1.82) is 0 Å². The number of aryl methyl sites for hydroxylation is 1. The SMILES string of the molecule is Cc1ccc(C(=O)CC(=O)c2cc(Br)cs2)cc1. The molecule has 0 aliphatic carbocycles. The van der Waals surface area contributed by atoms with Gasteiger partial charge in [0.1, 0.15) is 0 Å². The maximum Gasteiger partial charge on any atom is 0.180 e. The standard InChI is InChI=1S/C14H11BrO2S/c1-9-2-4-10(5-3-9)12(16)7-13(17)14-6-11(15)8-18-14/h2-6,8H,7H2,1H3. The van der Waals surface area contributed by atoms with Crippen LogP contribution >= 0.6 is 27.3 Å². The van der Waals surface area contributed by atoms with Crippen LogP contribution in [-0.2, 0) is 0 Å². The number of benzene rings is 1. The van der Waals surface area contributed by atoms with Gasteiger partial charge in [-0.05, 0) is 28.9 Å². The topological polar surface area (TPSA) is 34.1 Å². The third-order valence-electron chi connectivity index (χ3n) is 2.54. The summed E-state index contributed by atoms with van der Waals surface area (Å²) in [5.41, 5.74) is 1.68. The molecular weight excluding hydrogens is 312 g/mol. The van der Waals surface area contributed by atoms with Crippen LogP contribution in [-0.4, -0.2) is 11.6 Å². The summed E-state index contributed by atoms with van der Waals surface area (Å²) in [6.45, 7) is 1.96. The summed E-state index contributed by atoms with van der Waals surface area (Å²) in [5.74, 6) is -0.263. The summed E-state index contributed by atoms with van der Waals surface area (Å²) in [4.78, 5) is 24.4. The van der Waals surface area contributed by atoms with Crippen molar-refractivity contribution < 1.29 is 9.59 Å². The van der Waals surface area contributed by atoms with E-state index >= 15 is 0 Å². The second-order valence-corrected chi connectivity index (χ2v) is 5.85. The van der Waals surface area contributed by atoms with Gasteiger partial charge < -0.3 is 0 Å². The monoisotopic (exact) mass is 322 g/mol.